The molecule has 0 bridgehead atoms. The van der Waals surface area contributed by atoms with Crippen LogP contribution in [0.1, 0.15) is 125 Å². The fourth-order valence-corrected chi connectivity index (χ4v) is 11.0. The molecule has 41 heavy (non-hydrogen) atoms. The predicted octanol–water partition coefficient (Wildman–Crippen LogP) is 12.4. The molecule has 0 N–H and O–H groups in total. The molecular weight excluding hydrogens is 659 g/mol. The van der Waals surface area contributed by atoms with Crippen molar-refractivity contribution in [2.75, 3.05) is 0 Å². The van der Waals surface area contributed by atoms with Gasteiger partial charge in [0.1, 0.15) is 0 Å². The van der Waals surface area contributed by atoms with E-state index in [1.54, 1.807) is 5.56 Å². The monoisotopic (exact) mass is 730 g/mol. The molecule has 0 nitrogen and oxygen atoms in total. The van der Waals surface area contributed by atoms with Gasteiger partial charge in [-0.25, -0.2) is 0 Å². The van der Waals surface area contributed by atoms with Gasteiger partial charge in [-0.3, -0.25) is 0 Å². The van der Waals surface area contributed by atoms with E-state index in [1.807, 2.05) is 0 Å². The zero-order chi connectivity index (χ0) is 25.9. The van der Waals surface area contributed by atoms with Crippen LogP contribution in [0, 0.1) is 93.8 Å². The first-order valence-corrected chi connectivity index (χ1v) is 16.0. The molecule has 4 aliphatic carbocycles. The van der Waals surface area contributed by atoms with Crippen molar-refractivity contribution in [2.45, 2.75) is 125 Å². The van der Waals surface area contributed by atoms with Crippen LogP contribution in [0.25, 0.3) is 0 Å². The topological polar surface area (TPSA) is 0 Å². The fourth-order valence-electron chi connectivity index (χ4n) is 11.0. The summed E-state index contributed by atoms with van der Waals surface area (Å²) in [6.07, 6.45) is 14.8. The van der Waals surface area contributed by atoms with Crippen LogP contribution in [0.2, 0.25) is 0 Å². The molecule has 4 fully saturated rings. The molecule has 234 valence electrons. The van der Waals surface area contributed by atoms with Crippen LogP contribution in [-0.2, 0) is 31.3 Å². The zero-order valence-electron chi connectivity index (χ0n) is 29.7. The normalized spacial score (nSPS) is 33.0. The van der Waals surface area contributed by atoms with E-state index in [0.717, 1.165) is 47.3 Å². The van der Waals surface area contributed by atoms with Gasteiger partial charge in [-0.05, 0) is 121 Å². The smallest absolute Gasteiger partial charge is 0.358 e. The van der Waals surface area contributed by atoms with E-state index >= 15 is 0 Å². The van der Waals surface area contributed by atoms with Gasteiger partial charge in [0.05, 0.1) is 0 Å². The third-order valence-electron chi connectivity index (χ3n) is 12.6. The van der Waals surface area contributed by atoms with Gasteiger partial charge in [0.15, 0.2) is 0 Å². The summed E-state index contributed by atoms with van der Waals surface area (Å²) >= 11 is 0. The van der Waals surface area contributed by atoms with Crippen molar-refractivity contribution in [3.05, 3.63) is 65.6 Å². The number of hydrogen-bond donors (Lipinski definition) is 0. The molecule has 0 saturated heterocycles. The van der Waals surface area contributed by atoms with Crippen molar-refractivity contribution in [2.24, 2.45) is 64.1 Å². The van der Waals surface area contributed by atoms with Gasteiger partial charge in [0.2, 0.25) is 0 Å². The molecule has 1 heteroatoms. The fraction of sp³-hybridized carbons (Fsp3) is 0.750. The SMILES string of the molecule is CC(C)[C@](c1ccccc1)(C1CCCC1)C1C2CC(C(C)(C)C)CCC2C2CCC(C(C)(C)C)CC21.[CH3-].[CH3-].[CH3-].[CH3-].[Hf+4]. The van der Waals surface area contributed by atoms with E-state index in [2.05, 4.69) is 85.7 Å². The Bertz CT molecular complexity index is 828. The average Bonchev–Trinajstić information content (AvgIpc) is 3.46. The van der Waals surface area contributed by atoms with Crippen LogP contribution in [0.3, 0.4) is 0 Å². The number of fused-ring (bicyclic) bond motifs is 3. The molecule has 5 rings (SSSR count). The standard InChI is InChI=1S/C36H58.4CH3.Hf/c1-24(2)36(26-16-12-13-17-26,25-14-10-9-11-15-25)33-31-22-27(34(3,4)5)18-20-29(31)30-21-19-28(23-32(30)33)35(6,7)8;;;;;/h9-11,14-15,24,26-33H,12-13,16-23H2,1-8H3;4*1H3;/q;4*-1;+4/t27?,28?,29?,30?,31?,32?,33?,36-;;;;;/m0...../s1. The molecule has 0 aliphatic heterocycles. The Morgan fingerprint density at radius 1 is 0.561 bits per heavy atom. The van der Waals surface area contributed by atoms with Gasteiger partial charge >= 0.3 is 25.8 Å². The Hall–Kier alpha value is 0.0901. The Balaban J connectivity index is 0.00000320. The molecule has 0 spiro atoms. The first kappa shape index (κ1) is 41.1. The quantitative estimate of drug-likeness (QED) is 0.214. The first-order valence-electron chi connectivity index (χ1n) is 16.0. The van der Waals surface area contributed by atoms with E-state index in [9.17, 15) is 0 Å². The first-order chi connectivity index (χ1) is 17.0. The molecule has 7 atom stereocenters. The van der Waals surface area contributed by atoms with Crippen LogP contribution in [-0.4, -0.2) is 0 Å². The summed E-state index contributed by atoms with van der Waals surface area (Å²) in [5.74, 6) is 8.07. The predicted molar refractivity (Wildman–Crippen MR) is 182 cm³/mol. The second kappa shape index (κ2) is 15.4. The van der Waals surface area contributed by atoms with Gasteiger partial charge in [-0.1, -0.05) is 98.6 Å². The van der Waals surface area contributed by atoms with Crippen molar-refractivity contribution in [1.82, 2.24) is 0 Å². The maximum atomic E-state index is 2.63. The molecule has 0 heterocycles. The molecule has 1 aromatic carbocycles. The molecule has 4 saturated carbocycles. The Morgan fingerprint density at radius 3 is 1.34 bits per heavy atom. The minimum absolute atomic E-state index is 0. The number of hydrogen-bond acceptors (Lipinski definition) is 0. The minimum Gasteiger partial charge on any atom is -0.358 e. The van der Waals surface area contributed by atoms with E-state index in [4.69, 9.17) is 0 Å². The third-order valence-corrected chi connectivity index (χ3v) is 12.6. The minimum atomic E-state index is 0. The van der Waals surface area contributed by atoms with Crippen molar-refractivity contribution in [1.29, 1.82) is 0 Å². The molecule has 0 amide bonds. The Labute approximate surface area is 279 Å². The third kappa shape index (κ3) is 7.33. The van der Waals surface area contributed by atoms with Crippen molar-refractivity contribution < 1.29 is 25.8 Å². The zero-order valence-corrected chi connectivity index (χ0v) is 33.2. The number of rotatable bonds is 4. The van der Waals surface area contributed by atoms with Gasteiger partial charge in [-0.15, -0.1) is 0 Å². The second-order valence-corrected chi connectivity index (χ2v) is 16.4. The Kier molecular flexibility index (Phi) is 15.4. The number of benzene rings is 1. The van der Waals surface area contributed by atoms with Crippen molar-refractivity contribution in [3.8, 4) is 0 Å². The molecule has 0 aromatic heterocycles. The van der Waals surface area contributed by atoms with Crippen molar-refractivity contribution in [3.63, 3.8) is 0 Å². The molecule has 6 unspecified atom stereocenters. The van der Waals surface area contributed by atoms with E-state index < -0.39 is 0 Å². The summed E-state index contributed by atoms with van der Waals surface area (Å²) in [7, 11) is 0. The molecule has 0 radical (unpaired) electrons. The van der Waals surface area contributed by atoms with Crippen LogP contribution in [0.15, 0.2) is 30.3 Å². The van der Waals surface area contributed by atoms with Crippen LogP contribution < -0.4 is 0 Å². The molecular formula is C40H70Hf. The van der Waals surface area contributed by atoms with Gasteiger partial charge in [0.25, 0.3) is 0 Å². The summed E-state index contributed by atoms with van der Waals surface area (Å²) in [4.78, 5) is 0. The van der Waals surface area contributed by atoms with E-state index in [-0.39, 0.29) is 55.5 Å². The average molecular weight is 729 g/mol. The summed E-state index contributed by atoms with van der Waals surface area (Å²) < 4.78 is 0. The van der Waals surface area contributed by atoms with E-state index in [0.29, 0.717) is 22.2 Å². The van der Waals surface area contributed by atoms with Crippen LogP contribution >= 0.6 is 0 Å². The maximum absolute atomic E-state index is 2.63. The van der Waals surface area contributed by atoms with Crippen LogP contribution in [0.5, 0.6) is 0 Å². The van der Waals surface area contributed by atoms with Gasteiger partial charge < -0.3 is 29.7 Å². The second-order valence-electron chi connectivity index (χ2n) is 16.4. The van der Waals surface area contributed by atoms with Crippen molar-refractivity contribution >= 4 is 0 Å². The van der Waals surface area contributed by atoms with Gasteiger partial charge in [-0.2, -0.15) is 0 Å². The summed E-state index contributed by atoms with van der Waals surface area (Å²) in [5.41, 5.74) is 2.95. The maximum Gasteiger partial charge on any atom is 4.00 e. The Morgan fingerprint density at radius 2 is 0.976 bits per heavy atom. The van der Waals surface area contributed by atoms with Gasteiger partial charge in [0, 0.05) is 5.41 Å². The van der Waals surface area contributed by atoms with E-state index in [1.165, 1.54) is 64.2 Å². The summed E-state index contributed by atoms with van der Waals surface area (Å²) in [6, 6.07) is 12.1. The van der Waals surface area contributed by atoms with Crippen LogP contribution in [0.4, 0.5) is 0 Å². The summed E-state index contributed by atoms with van der Waals surface area (Å²) in [6.45, 7) is 20.5. The molecule has 4 aliphatic rings. The largest absolute Gasteiger partial charge is 4.00 e. The molecule has 1 aromatic rings. The summed E-state index contributed by atoms with van der Waals surface area (Å²) in [5, 5.41) is 0.